The Morgan fingerprint density at radius 2 is 1.97 bits per heavy atom. The fourth-order valence-corrected chi connectivity index (χ4v) is 4.53. The van der Waals surface area contributed by atoms with Crippen LogP contribution in [0.15, 0.2) is 48.7 Å². The molecule has 0 radical (unpaired) electrons. The lowest BCUT2D eigenvalue weighted by Gasteiger charge is -2.40. The molecule has 7 heteroatoms. The van der Waals surface area contributed by atoms with Crippen molar-refractivity contribution in [2.75, 3.05) is 37.4 Å². The molecule has 2 aromatic heterocycles. The highest BCUT2D eigenvalue weighted by molar-refractivity contribution is 5.95. The number of likely N-dealkylation sites (tertiary alicyclic amines) is 1. The van der Waals surface area contributed by atoms with Crippen LogP contribution in [0.2, 0.25) is 0 Å². The van der Waals surface area contributed by atoms with Crippen LogP contribution in [0.1, 0.15) is 52.9 Å². The third-order valence-corrected chi connectivity index (χ3v) is 6.56. The van der Waals surface area contributed by atoms with Gasteiger partial charge in [-0.2, -0.15) is 0 Å². The zero-order valence-corrected chi connectivity index (χ0v) is 20.8. The van der Waals surface area contributed by atoms with Gasteiger partial charge < -0.3 is 15.1 Å². The van der Waals surface area contributed by atoms with E-state index in [1.807, 2.05) is 74.1 Å². The standard InChI is InChI=1S/C27H34N6O/c1-19-10-11-21(15-23(19)29-17-22-9-6-7-13-28-22)26(34)33-14-8-12-27(3,18-33)24-16-25(32(4)5)31-20(2)30-24/h6-7,9-11,13,15-16,29H,8,12,14,17-18H2,1-5H3. The summed E-state index contributed by atoms with van der Waals surface area (Å²) in [7, 11) is 3.98. The first-order valence-electron chi connectivity index (χ1n) is 11.8. The summed E-state index contributed by atoms with van der Waals surface area (Å²) < 4.78 is 0. The molecule has 1 aromatic carbocycles. The van der Waals surface area contributed by atoms with Crippen molar-refractivity contribution in [3.63, 3.8) is 0 Å². The number of rotatable bonds is 6. The molecular weight excluding hydrogens is 424 g/mol. The highest BCUT2D eigenvalue weighted by atomic mass is 16.2. The summed E-state index contributed by atoms with van der Waals surface area (Å²) in [5.41, 5.74) is 4.51. The number of carbonyl (C=O) groups is 1. The Hall–Kier alpha value is -3.48. The van der Waals surface area contributed by atoms with Gasteiger partial charge >= 0.3 is 0 Å². The van der Waals surface area contributed by atoms with Crippen molar-refractivity contribution < 1.29 is 4.79 Å². The van der Waals surface area contributed by atoms with Crippen molar-refractivity contribution in [1.82, 2.24) is 19.9 Å². The molecule has 4 rings (SSSR count). The number of piperidine rings is 1. The van der Waals surface area contributed by atoms with E-state index < -0.39 is 0 Å². The minimum atomic E-state index is -0.211. The second kappa shape index (κ2) is 9.79. The first kappa shape index (κ1) is 23.7. The van der Waals surface area contributed by atoms with Crippen LogP contribution >= 0.6 is 0 Å². The van der Waals surface area contributed by atoms with Gasteiger partial charge in [0.05, 0.1) is 17.9 Å². The SMILES string of the molecule is Cc1nc(N(C)C)cc(C2(C)CCCN(C(=O)c3ccc(C)c(NCc4ccccn4)c3)C2)n1. The topological polar surface area (TPSA) is 74.2 Å². The normalized spacial score (nSPS) is 18.0. The van der Waals surface area contributed by atoms with E-state index in [1.54, 1.807) is 6.20 Å². The summed E-state index contributed by atoms with van der Waals surface area (Å²) in [6.45, 7) is 8.19. The molecule has 3 heterocycles. The quantitative estimate of drug-likeness (QED) is 0.592. The van der Waals surface area contributed by atoms with Crippen molar-refractivity contribution in [1.29, 1.82) is 0 Å². The largest absolute Gasteiger partial charge is 0.379 e. The maximum absolute atomic E-state index is 13.5. The molecule has 7 nitrogen and oxygen atoms in total. The van der Waals surface area contributed by atoms with E-state index in [-0.39, 0.29) is 11.3 Å². The monoisotopic (exact) mass is 458 g/mol. The third kappa shape index (κ3) is 5.19. The van der Waals surface area contributed by atoms with Gasteiger partial charge in [0.15, 0.2) is 0 Å². The lowest BCUT2D eigenvalue weighted by molar-refractivity contribution is 0.0647. The average molecular weight is 459 g/mol. The predicted molar refractivity (Wildman–Crippen MR) is 136 cm³/mol. The Morgan fingerprint density at radius 1 is 1.15 bits per heavy atom. The van der Waals surface area contributed by atoms with Crippen molar-refractivity contribution in [2.45, 2.75) is 45.6 Å². The third-order valence-electron chi connectivity index (χ3n) is 6.56. The van der Waals surface area contributed by atoms with Crippen molar-refractivity contribution in [3.05, 3.63) is 77.0 Å². The van der Waals surface area contributed by atoms with Crippen LogP contribution in [0, 0.1) is 13.8 Å². The molecule has 0 spiro atoms. The Morgan fingerprint density at radius 3 is 2.71 bits per heavy atom. The van der Waals surface area contributed by atoms with E-state index in [4.69, 9.17) is 4.98 Å². The van der Waals surface area contributed by atoms with E-state index in [1.165, 1.54) is 0 Å². The number of carbonyl (C=O) groups excluding carboxylic acids is 1. The summed E-state index contributed by atoms with van der Waals surface area (Å²) >= 11 is 0. The molecule has 1 saturated heterocycles. The smallest absolute Gasteiger partial charge is 0.253 e. The number of anilines is 2. The average Bonchev–Trinajstić information content (AvgIpc) is 2.83. The zero-order valence-electron chi connectivity index (χ0n) is 20.8. The van der Waals surface area contributed by atoms with Crippen LogP contribution in [-0.4, -0.2) is 52.9 Å². The summed E-state index contributed by atoms with van der Waals surface area (Å²) in [5.74, 6) is 1.72. The van der Waals surface area contributed by atoms with Crippen LogP contribution in [0.5, 0.6) is 0 Å². The maximum atomic E-state index is 13.5. The predicted octanol–water partition coefficient (Wildman–Crippen LogP) is 4.36. The van der Waals surface area contributed by atoms with Gasteiger partial charge in [-0.15, -0.1) is 0 Å². The molecule has 1 fully saturated rings. The summed E-state index contributed by atoms with van der Waals surface area (Å²) in [4.78, 5) is 31.2. The molecule has 0 saturated carbocycles. The Labute approximate surface area is 202 Å². The second-order valence-electron chi connectivity index (χ2n) is 9.65. The minimum Gasteiger partial charge on any atom is -0.379 e. The molecule has 34 heavy (non-hydrogen) atoms. The maximum Gasteiger partial charge on any atom is 0.253 e. The molecule has 1 amide bonds. The lowest BCUT2D eigenvalue weighted by Crippen LogP contribution is -2.47. The number of benzene rings is 1. The summed E-state index contributed by atoms with van der Waals surface area (Å²) in [6, 6.07) is 13.8. The van der Waals surface area contributed by atoms with Gasteiger partial charge in [0.2, 0.25) is 0 Å². The zero-order chi connectivity index (χ0) is 24.3. The van der Waals surface area contributed by atoms with Gasteiger partial charge in [0.25, 0.3) is 5.91 Å². The van der Waals surface area contributed by atoms with E-state index in [2.05, 4.69) is 28.3 Å². The summed E-state index contributed by atoms with van der Waals surface area (Å²) in [6.07, 6.45) is 3.72. The minimum absolute atomic E-state index is 0.0606. The lowest BCUT2D eigenvalue weighted by atomic mass is 9.78. The molecular formula is C27H34N6O. The number of nitrogens with one attached hydrogen (secondary N) is 1. The van der Waals surface area contributed by atoms with Gasteiger partial charge in [-0.25, -0.2) is 9.97 Å². The number of nitrogens with zero attached hydrogens (tertiary/aromatic N) is 5. The highest BCUT2D eigenvalue weighted by Gasteiger charge is 2.36. The first-order valence-corrected chi connectivity index (χ1v) is 11.8. The van der Waals surface area contributed by atoms with Crippen LogP contribution in [0.25, 0.3) is 0 Å². The number of aryl methyl sites for hydroxylation is 2. The van der Waals surface area contributed by atoms with Crippen molar-refractivity contribution >= 4 is 17.4 Å². The van der Waals surface area contributed by atoms with Gasteiger partial charge in [-0.1, -0.05) is 19.1 Å². The fourth-order valence-electron chi connectivity index (χ4n) is 4.53. The van der Waals surface area contributed by atoms with Crippen LogP contribution in [0.3, 0.4) is 0 Å². The van der Waals surface area contributed by atoms with Crippen LogP contribution in [-0.2, 0) is 12.0 Å². The fraction of sp³-hybridized carbons (Fsp3) is 0.407. The van der Waals surface area contributed by atoms with Crippen LogP contribution in [0.4, 0.5) is 11.5 Å². The molecule has 3 aromatic rings. The number of pyridine rings is 1. The van der Waals surface area contributed by atoms with Crippen molar-refractivity contribution in [2.24, 2.45) is 0 Å². The molecule has 1 unspecified atom stereocenters. The number of hydrogen-bond acceptors (Lipinski definition) is 6. The Kier molecular flexibility index (Phi) is 6.82. The summed E-state index contributed by atoms with van der Waals surface area (Å²) in [5, 5.41) is 3.44. The van der Waals surface area contributed by atoms with Gasteiger partial charge in [-0.3, -0.25) is 9.78 Å². The highest BCUT2D eigenvalue weighted by Crippen LogP contribution is 2.34. The Balaban J connectivity index is 1.53. The van der Waals surface area contributed by atoms with E-state index in [0.29, 0.717) is 18.7 Å². The molecule has 178 valence electrons. The Bertz CT molecular complexity index is 1160. The first-order chi connectivity index (χ1) is 16.2. The van der Waals surface area contributed by atoms with Crippen LogP contribution < -0.4 is 10.2 Å². The van der Waals surface area contributed by atoms with Gasteiger partial charge in [0, 0.05) is 56.1 Å². The number of amides is 1. The number of aromatic nitrogens is 3. The van der Waals surface area contributed by atoms with Gasteiger partial charge in [-0.05, 0) is 56.5 Å². The van der Waals surface area contributed by atoms with E-state index >= 15 is 0 Å². The molecule has 1 atom stereocenters. The van der Waals surface area contributed by atoms with Crippen molar-refractivity contribution in [3.8, 4) is 0 Å². The molecule has 0 aliphatic carbocycles. The molecule has 1 aliphatic heterocycles. The molecule has 1 aliphatic rings. The number of hydrogen-bond donors (Lipinski definition) is 1. The second-order valence-corrected chi connectivity index (χ2v) is 9.65. The molecule has 1 N–H and O–H groups in total. The molecule has 0 bridgehead atoms. The van der Waals surface area contributed by atoms with E-state index in [0.717, 1.165) is 53.7 Å². The van der Waals surface area contributed by atoms with E-state index in [9.17, 15) is 4.79 Å². The van der Waals surface area contributed by atoms with Gasteiger partial charge in [0.1, 0.15) is 11.6 Å².